The van der Waals surface area contributed by atoms with Gasteiger partial charge in [-0.3, -0.25) is 0 Å². The van der Waals surface area contributed by atoms with Crippen LogP contribution in [0.25, 0.3) is 0 Å². The van der Waals surface area contributed by atoms with Crippen molar-refractivity contribution in [2.75, 3.05) is 6.61 Å². The lowest BCUT2D eigenvalue weighted by atomic mass is 9.97. The predicted octanol–water partition coefficient (Wildman–Crippen LogP) is 3.02. The van der Waals surface area contributed by atoms with Gasteiger partial charge in [0.05, 0.1) is 6.10 Å². The smallest absolute Gasteiger partial charge is 0.406 e. The van der Waals surface area contributed by atoms with Crippen LogP contribution in [0.15, 0.2) is 24.3 Å². The van der Waals surface area contributed by atoms with Gasteiger partial charge in [-0.25, -0.2) is 0 Å². The highest BCUT2D eigenvalue weighted by Gasteiger charge is 2.31. The molecular formula is C14H18F3NO2. The highest BCUT2D eigenvalue weighted by Crippen LogP contribution is 2.23. The van der Waals surface area contributed by atoms with Gasteiger partial charge in [0.15, 0.2) is 0 Å². The largest absolute Gasteiger partial charge is 0.573 e. The number of alkyl halides is 3. The van der Waals surface area contributed by atoms with Gasteiger partial charge in [0.25, 0.3) is 0 Å². The van der Waals surface area contributed by atoms with E-state index in [2.05, 4.69) is 4.74 Å². The maximum absolute atomic E-state index is 12.0. The number of ether oxygens (including phenoxy) is 2. The van der Waals surface area contributed by atoms with Gasteiger partial charge < -0.3 is 15.2 Å². The summed E-state index contributed by atoms with van der Waals surface area (Å²) in [5, 5.41) is 0. The standard InChI is InChI=1S/C14H18F3NO2/c15-14(16,17)20-11-6-4-10(5-7-11)9-12(18)13-3-1-2-8-19-13/h4-7,12-13H,1-3,8-9,18H2. The van der Waals surface area contributed by atoms with Gasteiger partial charge in [0.1, 0.15) is 5.75 Å². The molecule has 1 heterocycles. The first-order valence-electron chi connectivity index (χ1n) is 6.66. The molecule has 0 bridgehead atoms. The molecule has 0 amide bonds. The van der Waals surface area contributed by atoms with E-state index in [0.29, 0.717) is 6.42 Å². The van der Waals surface area contributed by atoms with Gasteiger partial charge in [-0.1, -0.05) is 12.1 Å². The number of nitrogens with two attached hydrogens (primary N) is 1. The van der Waals surface area contributed by atoms with Crippen LogP contribution in [0.2, 0.25) is 0 Å². The second kappa shape index (κ2) is 6.45. The monoisotopic (exact) mass is 289 g/mol. The van der Waals surface area contributed by atoms with Crippen molar-refractivity contribution in [2.24, 2.45) is 5.73 Å². The van der Waals surface area contributed by atoms with Crippen molar-refractivity contribution in [1.82, 2.24) is 0 Å². The zero-order valence-electron chi connectivity index (χ0n) is 11.0. The molecule has 1 aliphatic heterocycles. The maximum atomic E-state index is 12.0. The van der Waals surface area contributed by atoms with E-state index in [1.165, 1.54) is 12.1 Å². The Labute approximate surface area is 115 Å². The molecule has 20 heavy (non-hydrogen) atoms. The van der Waals surface area contributed by atoms with Crippen molar-refractivity contribution in [3.05, 3.63) is 29.8 Å². The van der Waals surface area contributed by atoms with E-state index in [4.69, 9.17) is 10.5 Å². The average Bonchev–Trinajstić information content (AvgIpc) is 2.40. The number of hydrogen-bond donors (Lipinski definition) is 1. The Morgan fingerprint density at radius 1 is 1.25 bits per heavy atom. The molecule has 112 valence electrons. The fraction of sp³-hybridized carbons (Fsp3) is 0.571. The summed E-state index contributed by atoms with van der Waals surface area (Å²) in [6, 6.07) is 5.67. The molecular weight excluding hydrogens is 271 g/mol. The lowest BCUT2D eigenvalue weighted by Gasteiger charge is -2.28. The molecule has 1 aliphatic rings. The normalized spacial score (nSPS) is 21.5. The lowest BCUT2D eigenvalue weighted by Crippen LogP contribution is -2.40. The highest BCUT2D eigenvalue weighted by molar-refractivity contribution is 5.28. The van der Waals surface area contributed by atoms with Crippen molar-refractivity contribution >= 4 is 0 Å². The van der Waals surface area contributed by atoms with Crippen LogP contribution in [0, 0.1) is 0 Å². The van der Waals surface area contributed by atoms with E-state index in [-0.39, 0.29) is 17.9 Å². The van der Waals surface area contributed by atoms with Gasteiger partial charge in [-0.15, -0.1) is 13.2 Å². The van der Waals surface area contributed by atoms with Crippen molar-refractivity contribution < 1.29 is 22.6 Å². The third-order valence-corrected chi connectivity index (χ3v) is 3.32. The minimum absolute atomic E-state index is 0.0369. The molecule has 1 aromatic rings. The Balaban J connectivity index is 1.89. The van der Waals surface area contributed by atoms with Crippen LogP contribution in [-0.4, -0.2) is 25.1 Å². The summed E-state index contributed by atoms with van der Waals surface area (Å²) in [4.78, 5) is 0. The zero-order valence-corrected chi connectivity index (χ0v) is 11.0. The molecule has 2 N–H and O–H groups in total. The summed E-state index contributed by atoms with van der Waals surface area (Å²) < 4.78 is 45.5. The molecule has 2 atom stereocenters. The minimum atomic E-state index is -4.66. The van der Waals surface area contributed by atoms with Gasteiger partial charge >= 0.3 is 6.36 Å². The molecule has 1 aromatic carbocycles. The fourth-order valence-electron chi connectivity index (χ4n) is 2.33. The summed E-state index contributed by atoms with van der Waals surface area (Å²) in [5.41, 5.74) is 6.96. The Bertz CT molecular complexity index is 413. The maximum Gasteiger partial charge on any atom is 0.573 e. The van der Waals surface area contributed by atoms with E-state index >= 15 is 0 Å². The SMILES string of the molecule is NC(Cc1ccc(OC(F)(F)F)cc1)C1CCCCO1. The molecule has 0 spiro atoms. The van der Waals surface area contributed by atoms with Crippen LogP contribution in [-0.2, 0) is 11.2 Å². The Kier molecular flexibility index (Phi) is 4.88. The quantitative estimate of drug-likeness (QED) is 0.926. The van der Waals surface area contributed by atoms with E-state index in [1.807, 2.05) is 0 Å². The van der Waals surface area contributed by atoms with Crippen molar-refractivity contribution in [1.29, 1.82) is 0 Å². The summed E-state index contributed by atoms with van der Waals surface area (Å²) in [7, 11) is 0. The number of rotatable bonds is 4. The van der Waals surface area contributed by atoms with E-state index in [9.17, 15) is 13.2 Å². The summed E-state index contributed by atoms with van der Waals surface area (Å²) in [5.74, 6) is -0.219. The van der Waals surface area contributed by atoms with Crippen LogP contribution in [0.5, 0.6) is 5.75 Å². The molecule has 6 heteroatoms. The van der Waals surface area contributed by atoms with Gasteiger partial charge in [-0.2, -0.15) is 0 Å². The van der Waals surface area contributed by atoms with Gasteiger partial charge in [0.2, 0.25) is 0 Å². The van der Waals surface area contributed by atoms with Gasteiger partial charge in [0, 0.05) is 12.6 Å². The lowest BCUT2D eigenvalue weighted by molar-refractivity contribution is -0.274. The topological polar surface area (TPSA) is 44.5 Å². The molecule has 3 nitrogen and oxygen atoms in total. The zero-order chi connectivity index (χ0) is 14.6. The summed E-state index contributed by atoms with van der Waals surface area (Å²) in [6.07, 6.45) is -0.931. The van der Waals surface area contributed by atoms with Crippen molar-refractivity contribution in [2.45, 2.75) is 44.2 Å². The first kappa shape index (κ1) is 15.1. The molecule has 0 aromatic heterocycles. The predicted molar refractivity (Wildman–Crippen MR) is 68.4 cm³/mol. The summed E-state index contributed by atoms with van der Waals surface area (Å²) in [6.45, 7) is 0.733. The molecule has 2 rings (SSSR count). The first-order chi connectivity index (χ1) is 9.44. The van der Waals surface area contributed by atoms with Crippen LogP contribution >= 0.6 is 0 Å². The number of halogens is 3. The Morgan fingerprint density at radius 3 is 2.50 bits per heavy atom. The Hall–Kier alpha value is -1.27. The van der Waals surface area contributed by atoms with Gasteiger partial charge in [-0.05, 0) is 43.4 Å². The van der Waals surface area contributed by atoms with E-state index < -0.39 is 6.36 Å². The molecule has 0 radical (unpaired) electrons. The van der Waals surface area contributed by atoms with Crippen LogP contribution in [0.4, 0.5) is 13.2 Å². The third kappa shape index (κ3) is 4.68. The highest BCUT2D eigenvalue weighted by atomic mass is 19.4. The van der Waals surface area contributed by atoms with E-state index in [0.717, 1.165) is 31.4 Å². The van der Waals surface area contributed by atoms with Crippen LogP contribution in [0.3, 0.4) is 0 Å². The fourth-order valence-corrected chi connectivity index (χ4v) is 2.33. The number of benzene rings is 1. The molecule has 0 saturated carbocycles. The summed E-state index contributed by atoms with van der Waals surface area (Å²) >= 11 is 0. The first-order valence-corrected chi connectivity index (χ1v) is 6.66. The Morgan fingerprint density at radius 2 is 1.95 bits per heavy atom. The molecule has 1 saturated heterocycles. The third-order valence-electron chi connectivity index (χ3n) is 3.32. The molecule has 0 aliphatic carbocycles. The second-order valence-corrected chi connectivity index (χ2v) is 4.96. The van der Waals surface area contributed by atoms with Crippen molar-refractivity contribution in [3.63, 3.8) is 0 Å². The van der Waals surface area contributed by atoms with Crippen LogP contribution < -0.4 is 10.5 Å². The second-order valence-electron chi connectivity index (χ2n) is 4.96. The van der Waals surface area contributed by atoms with Crippen LogP contribution in [0.1, 0.15) is 24.8 Å². The molecule has 1 fully saturated rings. The van der Waals surface area contributed by atoms with Crippen molar-refractivity contribution in [3.8, 4) is 5.75 Å². The molecule has 2 unspecified atom stereocenters. The minimum Gasteiger partial charge on any atom is -0.406 e. The number of hydrogen-bond acceptors (Lipinski definition) is 3. The van der Waals surface area contributed by atoms with E-state index in [1.54, 1.807) is 12.1 Å². The average molecular weight is 289 g/mol.